The molecule has 0 N–H and O–H groups in total. The van der Waals surface area contributed by atoms with E-state index in [0.717, 1.165) is 11.1 Å². The molecular weight excluding hydrogens is 439 g/mol. The smallest absolute Gasteiger partial charge is 0.339 e. The van der Waals surface area contributed by atoms with Crippen molar-refractivity contribution in [3.05, 3.63) is 75.1 Å². The van der Waals surface area contributed by atoms with Crippen LogP contribution in [0.3, 0.4) is 0 Å². The minimum absolute atomic E-state index is 0.0339. The zero-order valence-corrected chi connectivity index (χ0v) is 17.5. The molecule has 0 amide bonds. The van der Waals surface area contributed by atoms with Crippen molar-refractivity contribution in [1.82, 2.24) is 9.78 Å². The fourth-order valence-corrected chi connectivity index (χ4v) is 3.52. The Kier molecular flexibility index (Phi) is 6.46. The van der Waals surface area contributed by atoms with E-state index in [0.29, 0.717) is 18.0 Å². The molecule has 3 aromatic rings. The maximum Gasteiger partial charge on any atom is 0.339 e. The molecule has 0 saturated heterocycles. The maximum atomic E-state index is 12.5. The van der Waals surface area contributed by atoms with Crippen molar-refractivity contribution in [1.29, 1.82) is 0 Å². The minimum atomic E-state index is -4.06. The van der Waals surface area contributed by atoms with Crippen LogP contribution in [0.2, 0.25) is 10.0 Å². The Balaban J connectivity index is 1.80. The number of rotatable bonds is 7. The summed E-state index contributed by atoms with van der Waals surface area (Å²) < 4.78 is 36.6. The highest BCUT2D eigenvalue weighted by Gasteiger charge is 2.17. The van der Waals surface area contributed by atoms with Crippen molar-refractivity contribution < 1.29 is 17.3 Å². The zero-order valence-electron chi connectivity index (χ0n) is 15.2. The van der Waals surface area contributed by atoms with Gasteiger partial charge in [-0.15, -0.1) is 0 Å². The van der Waals surface area contributed by atoms with E-state index in [1.807, 2.05) is 6.92 Å². The highest BCUT2D eigenvalue weighted by molar-refractivity contribution is 7.87. The summed E-state index contributed by atoms with van der Waals surface area (Å²) in [5.41, 5.74) is -0.290. The molecule has 0 aliphatic heterocycles. The number of halogens is 2. The average molecular weight is 455 g/mol. The van der Waals surface area contributed by atoms with Gasteiger partial charge in [0, 0.05) is 0 Å². The predicted octanol–water partition coefficient (Wildman–Crippen LogP) is 4.10. The zero-order chi connectivity index (χ0) is 21.0. The molecule has 0 saturated carbocycles. The quantitative estimate of drug-likeness (QED) is 0.499. The lowest BCUT2D eigenvalue weighted by atomic mass is 10.3. The second-order valence-electron chi connectivity index (χ2n) is 5.87. The summed E-state index contributed by atoms with van der Waals surface area (Å²) in [5.74, 6) is 0.779. The molecular formula is C19H16Cl2N2O5S. The summed E-state index contributed by atoms with van der Waals surface area (Å²) in [6.07, 6.45) is 2.10. The summed E-state index contributed by atoms with van der Waals surface area (Å²) in [6, 6.07) is 11.7. The molecule has 0 spiro atoms. The molecule has 29 heavy (non-hydrogen) atoms. The third-order valence-corrected chi connectivity index (χ3v) is 5.76. The SMILES string of the molecule is CCCOc1ccc(OS(=O)(=O)c2ccc(-n3ncc(Cl)c(Cl)c3=O)cc2)cc1. The van der Waals surface area contributed by atoms with Crippen LogP contribution in [0.1, 0.15) is 13.3 Å². The number of nitrogens with zero attached hydrogens (tertiary/aromatic N) is 2. The van der Waals surface area contributed by atoms with Crippen LogP contribution >= 0.6 is 23.2 Å². The highest BCUT2D eigenvalue weighted by Crippen LogP contribution is 2.23. The van der Waals surface area contributed by atoms with Gasteiger partial charge >= 0.3 is 10.1 Å². The van der Waals surface area contributed by atoms with Gasteiger partial charge in [-0.05, 0) is 55.0 Å². The molecule has 1 heterocycles. The van der Waals surface area contributed by atoms with Crippen molar-refractivity contribution >= 4 is 33.3 Å². The van der Waals surface area contributed by atoms with E-state index in [-0.39, 0.29) is 20.7 Å². The van der Waals surface area contributed by atoms with Crippen molar-refractivity contribution in [2.75, 3.05) is 6.61 Å². The van der Waals surface area contributed by atoms with E-state index in [1.165, 1.54) is 42.6 Å². The molecule has 0 radical (unpaired) electrons. The number of ether oxygens (including phenoxy) is 1. The van der Waals surface area contributed by atoms with Crippen molar-refractivity contribution in [2.24, 2.45) is 0 Å². The molecule has 1 aromatic heterocycles. The summed E-state index contributed by atoms with van der Waals surface area (Å²) in [4.78, 5) is 12.1. The molecule has 10 heteroatoms. The van der Waals surface area contributed by atoms with Gasteiger partial charge < -0.3 is 8.92 Å². The first-order chi connectivity index (χ1) is 13.8. The Hall–Kier alpha value is -2.55. The number of benzene rings is 2. The highest BCUT2D eigenvalue weighted by atomic mass is 35.5. The van der Waals surface area contributed by atoms with Gasteiger partial charge in [-0.25, -0.2) is 0 Å². The number of hydrogen-bond acceptors (Lipinski definition) is 6. The fourth-order valence-electron chi connectivity index (χ4n) is 2.34. The van der Waals surface area contributed by atoms with Crippen molar-refractivity contribution in [3.63, 3.8) is 0 Å². The van der Waals surface area contributed by atoms with Crippen LogP contribution in [-0.4, -0.2) is 24.8 Å². The molecule has 7 nitrogen and oxygen atoms in total. The Bertz CT molecular complexity index is 1160. The lowest BCUT2D eigenvalue weighted by molar-refractivity contribution is 0.317. The fraction of sp³-hybridized carbons (Fsp3) is 0.158. The second-order valence-corrected chi connectivity index (χ2v) is 8.21. The maximum absolute atomic E-state index is 12.5. The molecule has 0 bridgehead atoms. The van der Waals surface area contributed by atoms with Crippen LogP contribution in [-0.2, 0) is 10.1 Å². The van der Waals surface area contributed by atoms with Crippen LogP contribution in [0.4, 0.5) is 0 Å². The molecule has 0 unspecified atom stereocenters. The lowest BCUT2D eigenvalue weighted by Gasteiger charge is -2.10. The first-order valence-corrected chi connectivity index (χ1v) is 10.7. The largest absolute Gasteiger partial charge is 0.494 e. The molecule has 0 aliphatic carbocycles. The third kappa shape index (κ3) is 4.90. The Morgan fingerprint density at radius 3 is 2.24 bits per heavy atom. The monoisotopic (exact) mass is 454 g/mol. The molecule has 0 fully saturated rings. The molecule has 0 atom stereocenters. The first kappa shape index (κ1) is 21.2. The molecule has 3 rings (SSSR count). The van der Waals surface area contributed by atoms with E-state index >= 15 is 0 Å². The van der Waals surface area contributed by atoms with Crippen molar-refractivity contribution in [3.8, 4) is 17.2 Å². The summed E-state index contributed by atoms with van der Waals surface area (Å²) in [7, 11) is -4.06. The van der Waals surface area contributed by atoms with E-state index in [9.17, 15) is 13.2 Å². The van der Waals surface area contributed by atoms with Gasteiger partial charge in [0.2, 0.25) is 0 Å². The van der Waals surface area contributed by atoms with E-state index < -0.39 is 15.7 Å². The van der Waals surface area contributed by atoms with Gasteiger partial charge in [0.25, 0.3) is 5.56 Å². The van der Waals surface area contributed by atoms with Crippen LogP contribution in [0.25, 0.3) is 5.69 Å². The van der Waals surface area contributed by atoms with E-state index in [4.69, 9.17) is 32.1 Å². The average Bonchev–Trinajstić information content (AvgIpc) is 2.71. The Morgan fingerprint density at radius 1 is 1.00 bits per heavy atom. The molecule has 0 aliphatic rings. The van der Waals surface area contributed by atoms with Crippen LogP contribution in [0.5, 0.6) is 11.5 Å². The Labute approximate surface area is 177 Å². The molecule has 2 aromatic carbocycles. The van der Waals surface area contributed by atoms with Gasteiger partial charge in [-0.2, -0.15) is 18.2 Å². The van der Waals surface area contributed by atoms with Gasteiger partial charge in [0.05, 0.1) is 23.5 Å². The topological polar surface area (TPSA) is 87.5 Å². The van der Waals surface area contributed by atoms with E-state index in [2.05, 4.69) is 5.10 Å². The van der Waals surface area contributed by atoms with Gasteiger partial charge in [-0.1, -0.05) is 30.1 Å². The predicted molar refractivity (Wildman–Crippen MR) is 110 cm³/mol. The van der Waals surface area contributed by atoms with Gasteiger partial charge in [0.1, 0.15) is 21.4 Å². The summed E-state index contributed by atoms with van der Waals surface area (Å²) >= 11 is 11.6. The normalized spacial score (nSPS) is 11.3. The first-order valence-electron chi connectivity index (χ1n) is 8.53. The minimum Gasteiger partial charge on any atom is -0.494 e. The second kappa shape index (κ2) is 8.86. The summed E-state index contributed by atoms with van der Waals surface area (Å²) in [5, 5.41) is 3.75. The number of aromatic nitrogens is 2. The van der Waals surface area contributed by atoms with E-state index in [1.54, 1.807) is 12.1 Å². The van der Waals surface area contributed by atoms with Crippen LogP contribution in [0.15, 0.2) is 64.4 Å². The summed E-state index contributed by atoms with van der Waals surface area (Å²) in [6.45, 7) is 2.56. The third-order valence-electron chi connectivity index (χ3n) is 3.75. The van der Waals surface area contributed by atoms with Gasteiger partial charge in [0.15, 0.2) is 0 Å². The van der Waals surface area contributed by atoms with Crippen LogP contribution < -0.4 is 14.5 Å². The Morgan fingerprint density at radius 2 is 1.62 bits per heavy atom. The lowest BCUT2D eigenvalue weighted by Crippen LogP contribution is -2.21. The van der Waals surface area contributed by atoms with Crippen molar-refractivity contribution in [2.45, 2.75) is 18.2 Å². The molecule has 152 valence electrons. The van der Waals surface area contributed by atoms with Gasteiger partial charge in [-0.3, -0.25) is 4.79 Å². The number of hydrogen-bond donors (Lipinski definition) is 0. The standard InChI is InChI=1S/C19H16Cl2N2O5S/c1-2-11-27-14-5-7-15(8-6-14)28-29(25,26)16-9-3-13(4-10-16)23-19(24)18(21)17(20)12-22-23/h3-10,12H,2,11H2,1H3. The van der Waals surface area contributed by atoms with Crippen LogP contribution in [0, 0.1) is 0 Å².